The number of carbonyl (C=O) groups is 1. The third-order valence-corrected chi connectivity index (χ3v) is 4.52. The molecule has 0 saturated heterocycles. The molecule has 0 bridgehead atoms. The van der Waals surface area contributed by atoms with Gasteiger partial charge in [0.15, 0.2) is 11.7 Å². The van der Waals surface area contributed by atoms with E-state index in [4.69, 9.17) is 4.42 Å². The first-order valence-corrected chi connectivity index (χ1v) is 9.14. The topological polar surface area (TPSA) is 83.8 Å². The van der Waals surface area contributed by atoms with Crippen LogP contribution >= 0.6 is 0 Å². The summed E-state index contributed by atoms with van der Waals surface area (Å²) in [4.78, 5) is 23.9. The fraction of sp³-hybridized carbons (Fsp3) is 0.190. The second-order valence-electron chi connectivity index (χ2n) is 6.64. The molecular formula is C21H18F2N4O2. The van der Waals surface area contributed by atoms with Crippen LogP contribution in [0.15, 0.2) is 53.1 Å². The number of halogens is 2. The van der Waals surface area contributed by atoms with E-state index in [-0.39, 0.29) is 42.0 Å². The zero-order valence-electron chi connectivity index (χ0n) is 15.6. The number of hydrogen-bond acceptors (Lipinski definition) is 4. The van der Waals surface area contributed by atoms with Crippen LogP contribution in [-0.2, 0) is 11.2 Å². The first kappa shape index (κ1) is 18.8. The molecule has 0 unspecified atom stereocenters. The van der Waals surface area contributed by atoms with Gasteiger partial charge in [-0.2, -0.15) is 0 Å². The monoisotopic (exact) mass is 396 g/mol. The van der Waals surface area contributed by atoms with Crippen molar-refractivity contribution < 1.29 is 18.0 Å². The molecule has 8 heteroatoms. The lowest BCUT2D eigenvalue weighted by Crippen LogP contribution is -2.27. The summed E-state index contributed by atoms with van der Waals surface area (Å²) >= 11 is 0. The highest BCUT2D eigenvalue weighted by atomic mass is 19.1. The lowest BCUT2D eigenvalue weighted by molar-refractivity contribution is -0.121. The maximum absolute atomic E-state index is 13.8. The van der Waals surface area contributed by atoms with E-state index < -0.39 is 11.6 Å². The van der Waals surface area contributed by atoms with Crippen LogP contribution in [0.1, 0.15) is 31.1 Å². The number of hydrogen-bond donors (Lipinski definition) is 2. The molecule has 148 valence electrons. The number of aromatic amines is 1. The molecule has 4 aromatic rings. The third-order valence-electron chi connectivity index (χ3n) is 4.52. The van der Waals surface area contributed by atoms with Gasteiger partial charge >= 0.3 is 0 Å². The van der Waals surface area contributed by atoms with Crippen molar-refractivity contribution in [1.29, 1.82) is 0 Å². The van der Waals surface area contributed by atoms with Crippen LogP contribution in [0.3, 0.4) is 0 Å². The number of amides is 1. The Morgan fingerprint density at radius 3 is 2.69 bits per heavy atom. The standard InChI is InChI=1S/C21H18F2N4O2/c1-12(21-26-15-7-2-3-8-16(15)27-21)25-18(28)9-10-19-24-11-17(29-19)20-13(22)5-4-6-14(20)23/h2-8,11-12H,9-10H2,1H3,(H,25,28)(H,26,27)/t12-/m1/s1. The zero-order chi connectivity index (χ0) is 20.4. The van der Waals surface area contributed by atoms with Gasteiger partial charge in [0.1, 0.15) is 17.5 Å². The van der Waals surface area contributed by atoms with Crippen molar-refractivity contribution in [3.63, 3.8) is 0 Å². The number of fused-ring (bicyclic) bond motifs is 1. The minimum Gasteiger partial charge on any atom is -0.441 e. The number of imidazole rings is 1. The fourth-order valence-corrected chi connectivity index (χ4v) is 3.05. The molecule has 29 heavy (non-hydrogen) atoms. The minimum absolute atomic E-state index is 0.00773. The molecule has 0 radical (unpaired) electrons. The number of nitrogens with one attached hydrogen (secondary N) is 2. The number of H-pyrrole nitrogens is 1. The largest absolute Gasteiger partial charge is 0.441 e. The van der Waals surface area contributed by atoms with Crippen molar-refractivity contribution in [2.45, 2.75) is 25.8 Å². The Morgan fingerprint density at radius 2 is 1.93 bits per heavy atom. The predicted octanol–water partition coefficient (Wildman–Crippen LogP) is 4.31. The Labute approximate surface area is 165 Å². The van der Waals surface area contributed by atoms with Crippen LogP contribution < -0.4 is 5.32 Å². The van der Waals surface area contributed by atoms with Crippen molar-refractivity contribution in [3.05, 3.63) is 72.0 Å². The number of rotatable bonds is 6. The highest BCUT2D eigenvalue weighted by Gasteiger charge is 2.17. The van der Waals surface area contributed by atoms with E-state index in [1.54, 1.807) is 0 Å². The second kappa shape index (κ2) is 7.83. The molecule has 2 N–H and O–H groups in total. The van der Waals surface area contributed by atoms with Gasteiger partial charge < -0.3 is 14.7 Å². The zero-order valence-corrected chi connectivity index (χ0v) is 15.6. The third kappa shape index (κ3) is 4.01. The summed E-state index contributed by atoms with van der Waals surface area (Å²) in [5, 5.41) is 2.86. The minimum atomic E-state index is -0.731. The molecule has 0 aliphatic carbocycles. The maximum atomic E-state index is 13.8. The first-order valence-electron chi connectivity index (χ1n) is 9.14. The fourth-order valence-electron chi connectivity index (χ4n) is 3.05. The van der Waals surface area contributed by atoms with Crippen LogP contribution in [0.2, 0.25) is 0 Å². The molecule has 2 aromatic heterocycles. The number of benzene rings is 2. The van der Waals surface area contributed by atoms with Crippen molar-refractivity contribution in [2.24, 2.45) is 0 Å². The Kier molecular flexibility index (Phi) is 5.07. The summed E-state index contributed by atoms with van der Waals surface area (Å²) in [6, 6.07) is 10.9. The van der Waals surface area contributed by atoms with Crippen molar-refractivity contribution in [1.82, 2.24) is 20.3 Å². The van der Waals surface area contributed by atoms with Gasteiger partial charge in [-0.15, -0.1) is 0 Å². The molecule has 1 atom stereocenters. The molecule has 6 nitrogen and oxygen atoms in total. The lowest BCUT2D eigenvalue weighted by atomic mass is 10.1. The number of para-hydroxylation sites is 2. The quantitative estimate of drug-likeness (QED) is 0.509. The molecule has 4 rings (SSSR count). The van der Waals surface area contributed by atoms with Gasteiger partial charge in [-0.1, -0.05) is 18.2 Å². The van der Waals surface area contributed by atoms with E-state index in [2.05, 4.69) is 20.3 Å². The summed E-state index contributed by atoms with van der Waals surface area (Å²) in [7, 11) is 0. The van der Waals surface area contributed by atoms with E-state index >= 15 is 0 Å². The van der Waals surface area contributed by atoms with E-state index in [1.807, 2.05) is 31.2 Å². The van der Waals surface area contributed by atoms with Crippen LogP contribution in [0.5, 0.6) is 0 Å². The van der Waals surface area contributed by atoms with E-state index in [0.717, 1.165) is 23.2 Å². The number of carbonyl (C=O) groups excluding carboxylic acids is 1. The number of aryl methyl sites for hydroxylation is 1. The molecule has 0 saturated carbocycles. The predicted molar refractivity (Wildman–Crippen MR) is 103 cm³/mol. The Bertz CT molecular complexity index is 1120. The van der Waals surface area contributed by atoms with Crippen LogP contribution in [0, 0.1) is 11.6 Å². The lowest BCUT2D eigenvalue weighted by Gasteiger charge is -2.10. The average molecular weight is 396 g/mol. The van der Waals surface area contributed by atoms with Crippen molar-refractivity contribution in [3.8, 4) is 11.3 Å². The van der Waals surface area contributed by atoms with Gasteiger partial charge in [-0.3, -0.25) is 4.79 Å². The summed E-state index contributed by atoms with van der Waals surface area (Å²) in [6.45, 7) is 1.83. The van der Waals surface area contributed by atoms with E-state index in [0.29, 0.717) is 5.82 Å². The highest BCUT2D eigenvalue weighted by molar-refractivity contribution is 5.77. The number of oxazole rings is 1. The van der Waals surface area contributed by atoms with Crippen LogP contribution in [0.25, 0.3) is 22.4 Å². The van der Waals surface area contributed by atoms with Gasteiger partial charge in [0.25, 0.3) is 0 Å². The molecule has 2 heterocycles. The van der Waals surface area contributed by atoms with E-state index in [1.165, 1.54) is 12.3 Å². The van der Waals surface area contributed by atoms with Gasteiger partial charge in [0, 0.05) is 12.8 Å². The van der Waals surface area contributed by atoms with Crippen LogP contribution in [-0.4, -0.2) is 20.9 Å². The SMILES string of the molecule is C[C@@H](NC(=O)CCc1ncc(-c2c(F)cccc2F)o1)c1nc2ccccc2[nH]1. The average Bonchev–Trinajstić information content (AvgIpc) is 3.33. The van der Waals surface area contributed by atoms with Crippen LogP contribution in [0.4, 0.5) is 8.78 Å². The Morgan fingerprint density at radius 1 is 1.17 bits per heavy atom. The Balaban J connectivity index is 1.37. The number of nitrogens with zero attached hydrogens (tertiary/aromatic N) is 2. The first-order chi connectivity index (χ1) is 14.0. The van der Waals surface area contributed by atoms with Gasteiger partial charge in [-0.05, 0) is 31.2 Å². The van der Waals surface area contributed by atoms with Gasteiger partial charge in [0.05, 0.1) is 28.8 Å². The smallest absolute Gasteiger partial charge is 0.221 e. The molecule has 0 aliphatic heterocycles. The highest BCUT2D eigenvalue weighted by Crippen LogP contribution is 2.26. The Hall–Kier alpha value is -3.55. The summed E-state index contributed by atoms with van der Waals surface area (Å²) in [5.74, 6) is -0.793. The summed E-state index contributed by atoms with van der Waals surface area (Å²) in [6.07, 6.45) is 1.57. The summed E-state index contributed by atoms with van der Waals surface area (Å²) in [5.41, 5.74) is 1.46. The molecular weight excluding hydrogens is 378 g/mol. The van der Waals surface area contributed by atoms with Gasteiger partial charge in [-0.25, -0.2) is 18.7 Å². The molecule has 0 fully saturated rings. The molecule has 2 aromatic carbocycles. The van der Waals surface area contributed by atoms with Crippen molar-refractivity contribution in [2.75, 3.05) is 0 Å². The molecule has 0 aliphatic rings. The van der Waals surface area contributed by atoms with E-state index in [9.17, 15) is 13.6 Å². The summed E-state index contributed by atoms with van der Waals surface area (Å²) < 4.78 is 33.1. The second-order valence-corrected chi connectivity index (χ2v) is 6.64. The van der Waals surface area contributed by atoms with Gasteiger partial charge in [0.2, 0.25) is 5.91 Å². The molecule has 1 amide bonds. The number of aromatic nitrogens is 3. The van der Waals surface area contributed by atoms with Crippen molar-refractivity contribution >= 4 is 16.9 Å². The normalized spacial score (nSPS) is 12.2. The molecule has 0 spiro atoms. The maximum Gasteiger partial charge on any atom is 0.221 e.